The maximum Gasteiger partial charge on any atom is 0.416 e. The zero-order chi connectivity index (χ0) is 22.1. The highest BCUT2D eigenvalue weighted by Gasteiger charge is 2.34. The van der Waals surface area contributed by atoms with Crippen LogP contribution in [0.5, 0.6) is 11.5 Å². The molecule has 0 radical (unpaired) electrons. The fourth-order valence-corrected chi connectivity index (χ4v) is 2.99. The Hall–Kier alpha value is -3.53. The SMILES string of the molecule is CC(C)C[C@@H](C(N)=O)N(C(=O)Oc1ccccc1)C(C)COc1ccc(C#N)cc1. The monoisotopic (exact) mass is 409 g/mol. The minimum Gasteiger partial charge on any atom is -0.491 e. The number of carbonyl (C=O) groups is 2. The summed E-state index contributed by atoms with van der Waals surface area (Å²) >= 11 is 0. The first-order valence-electron chi connectivity index (χ1n) is 9.79. The molecule has 0 aliphatic carbocycles. The third-order valence-corrected chi connectivity index (χ3v) is 4.47. The first-order chi connectivity index (χ1) is 14.3. The predicted molar refractivity (Wildman–Crippen MR) is 113 cm³/mol. The van der Waals surface area contributed by atoms with E-state index in [9.17, 15) is 9.59 Å². The van der Waals surface area contributed by atoms with Crippen molar-refractivity contribution >= 4 is 12.0 Å². The van der Waals surface area contributed by atoms with Crippen LogP contribution in [0.25, 0.3) is 0 Å². The van der Waals surface area contributed by atoms with Gasteiger partial charge in [-0.05, 0) is 55.7 Å². The standard InChI is InChI=1S/C23H27N3O4/c1-16(2)13-21(22(25)27)26(23(28)30-20-7-5-4-6-8-20)17(3)15-29-19-11-9-18(14-24)10-12-19/h4-12,16-17,21H,13,15H2,1-3H3,(H2,25,27)/t17?,21-/m0/s1. The van der Waals surface area contributed by atoms with Crippen molar-refractivity contribution in [3.8, 4) is 17.6 Å². The van der Waals surface area contributed by atoms with Gasteiger partial charge in [-0.1, -0.05) is 32.0 Å². The lowest BCUT2D eigenvalue weighted by Crippen LogP contribution is -2.55. The van der Waals surface area contributed by atoms with E-state index in [1.54, 1.807) is 55.5 Å². The Balaban J connectivity index is 2.20. The Labute approximate surface area is 177 Å². The largest absolute Gasteiger partial charge is 0.491 e. The molecule has 0 aliphatic heterocycles. The van der Waals surface area contributed by atoms with E-state index < -0.39 is 24.1 Å². The number of amides is 2. The first-order valence-corrected chi connectivity index (χ1v) is 9.79. The van der Waals surface area contributed by atoms with Crippen LogP contribution in [0.2, 0.25) is 0 Å². The van der Waals surface area contributed by atoms with Crippen molar-refractivity contribution in [2.75, 3.05) is 6.61 Å². The summed E-state index contributed by atoms with van der Waals surface area (Å²) in [5.41, 5.74) is 6.16. The van der Waals surface area contributed by atoms with Gasteiger partial charge < -0.3 is 15.2 Å². The number of nitrogens with zero attached hydrogens (tertiary/aromatic N) is 2. The molecule has 0 aromatic heterocycles. The molecule has 0 bridgehead atoms. The molecule has 2 atom stereocenters. The number of nitrogens with two attached hydrogens (primary N) is 1. The van der Waals surface area contributed by atoms with Crippen LogP contribution in [-0.4, -0.2) is 35.6 Å². The molecule has 2 rings (SSSR count). The molecule has 2 aromatic rings. The van der Waals surface area contributed by atoms with Gasteiger partial charge in [0.2, 0.25) is 5.91 Å². The van der Waals surface area contributed by atoms with Crippen LogP contribution in [0, 0.1) is 17.2 Å². The molecular formula is C23H27N3O4. The molecule has 7 nitrogen and oxygen atoms in total. The lowest BCUT2D eigenvalue weighted by Gasteiger charge is -2.34. The molecule has 2 aromatic carbocycles. The van der Waals surface area contributed by atoms with E-state index in [-0.39, 0.29) is 12.5 Å². The fourth-order valence-electron chi connectivity index (χ4n) is 2.99. The summed E-state index contributed by atoms with van der Waals surface area (Å²) in [4.78, 5) is 26.5. The van der Waals surface area contributed by atoms with Gasteiger partial charge in [-0.15, -0.1) is 0 Å². The van der Waals surface area contributed by atoms with Gasteiger partial charge in [0.1, 0.15) is 24.1 Å². The number of hydrogen-bond acceptors (Lipinski definition) is 5. The van der Waals surface area contributed by atoms with Crippen LogP contribution in [0.3, 0.4) is 0 Å². The Kier molecular flexibility index (Phi) is 8.24. The van der Waals surface area contributed by atoms with Gasteiger partial charge in [0, 0.05) is 0 Å². The average molecular weight is 409 g/mol. The van der Waals surface area contributed by atoms with Crippen LogP contribution in [-0.2, 0) is 4.79 Å². The van der Waals surface area contributed by atoms with Crippen molar-refractivity contribution in [1.29, 1.82) is 5.26 Å². The third-order valence-electron chi connectivity index (χ3n) is 4.47. The van der Waals surface area contributed by atoms with Crippen LogP contribution in [0.15, 0.2) is 54.6 Å². The van der Waals surface area contributed by atoms with Crippen molar-refractivity contribution < 1.29 is 19.1 Å². The minimum absolute atomic E-state index is 0.123. The third kappa shape index (κ3) is 6.52. The molecule has 0 spiro atoms. The average Bonchev–Trinajstić information content (AvgIpc) is 2.72. The predicted octanol–water partition coefficient (Wildman–Crippen LogP) is 3.73. The summed E-state index contributed by atoms with van der Waals surface area (Å²) in [6.45, 7) is 5.80. The van der Waals surface area contributed by atoms with E-state index >= 15 is 0 Å². The van der Waals surface area contributed by atoms with Gasteiger partial charge >= 0.3 is 6.09 Å². The lowest BCUT2D eigenvalue weighted by molar-refractivity contribution is -0.124. The Morgan fingerprint density at radius 2 is 1.67 bits per heavy atom. The highest BCUT2D eigenvalue weighted by molar-refractivity contribution is 5.85. The normalized spacial score (nSPS) is 12.5. The molecule has 1 unspecified atom stereocenters. The molecule has 7 heteroatoms. The molecule has 0 saturated heterocycles. The highest BCUT2D eigenvalue weighted by atomic mass is 16.6. The van der Waals surface area contributed by atoms with Crippen molar-refractivity contribution in [3.63, 3.8) is 0 Å². The molecule has 0 saturated carbocycles. The number of nitriles is 1. The van der Waals surface area contributed by atoms with Crippen molar-refractivity contribution in [2.24, 2.45) is 11.7 Å². The second-order valence-electron chi connectivity index (χ2n) is 7.43. The second-order valence-corrected chi connectivity index (χ2v) is 7.43. The smallest absolute Gasteiger partial charge is 0.416 e. The molecule has 2 amide bonds. The van der Waals surface area contributed by atoms with Crippen molar-refractivity contribution in [3.05, 3.63) is 60.2 Å². The number of primary amides is 1. The molecule has 158 valence electrons. The van der Waals surface area contributed by atoms with Crippen LogP contribution in [0.4, 0.5) is 4.79 Å². The van der Waals surface area contributed by atoms with E-state index in [2.05, 4.69) is 0 Å². The molecule has 0 aliphatic rings. The van der Waals surface area contributed by atoms with Gasteiger partial charge in [-0.2, -0.15) is 5.26 Å². The number of benzene rings is 2. The molecule has 30 heavy (non-hydrogen) atoms. The topological polar surface area (TPSA) is 106 Å². The molecule has 2 N–H and O–H groups in total. The van der Waals surface area contributed by atoms with Gasteiger partial charge in [0.25, 0.3) is 0 Å². The summed E-state index contributed by atoms with van der Waals surface area (Å²) in [5.74, 6) is 0.470. The number of para-hydroxylation sites is 1. The number of hydrogen-bond donors (Lipinski definition) is 1. The summed E-state index contributed by atoms with van der Waals surface area (Å²) in [6, 6.07) is 16.0. The second kappa shape index (κ2) is 10.9. The summed E-state index contributed by atoms with van der Waals surface area (Å²) < 4.78 is 11.3. The van der Waals surface area contributed by atoms with E-state index in [1.807, 2.05) is 26.0 Å². The minimum atomic E-state index is -0.833. The Morgan fingerprint density at radius 3 is 2.20 bits per heavy atom. The molecule has 0 heterocycles. The zero-order valence-corrected chi connectivity index (χ0v) is 17.4. The van der Waals surface area contributed by atoms with E-state index in [0.717, 1.165) is 0 Å². The van der Waals surface area contributed by atoms with E-state index in [1.165, 1.54) is 4.90 Å². The van der Waals surface area contributed by atoms with Crippen molar-refractivity contribution in [1.82, 2.24) is 4.90 Å². The zero-order valence-electron chi connectivity index (χ0n) is 17.4. The van der Waals surface area contributed by atoms with Gasteiger partial charge in [-0.25, -0.2) is 4.79 Å². The summed E-state index contributed by atoms with van der Waals surface area (Å²) in [7, 11) is 0. The highest BCUT2D eigenvalue weighted by Crippen LogP contribution is 2.20. The van der Waals surface area contributed by atoms with Gasteiger partial charge in [-0.3, -0.25) is 9.69 Å². The van der Waals surface area contributed by atoms with Crippen molar-refractivity contribution in [2.45, 2.75) is 39.3 Å². The summed E-state index contributed by atoms with van der Waals surface area (Å²) in [6.07, 6.45) is -0.262. The molecule has 0 fully saturated rings. The molecular weight excluding hydrogens is 382 g/mol. The maximum absolute atomic E-state index is 13.0. The number of ether oxygens (including phenoxy) is 2. The first kappa shape index (κ1) is 22.8. The maximum atomic E-state index is 13.0. The van der Waals surface area contributed by atoms with E-state index in [4.69, 9.17) is 20.5 Å². The van der Waals surface area contributed by atoms with Gasteiger partial charge in [0.15, 0.2) is 0 Å². The number of carbonyl (C=O) groups excluding carboxylic acids is 2. The Morgan fingerprint density at radius 1 is 1.03 bits per heavy atom. The van der Waals surface area contributed by atoms with Crippen LogP contribution >= 0.6 is 0 Å². The summed E-state index contributed by atoms with van der Waals surface area (Å²) in [5, 5.41) is 8.89. The van der Waals surface area contributed by atoms with Crippen LogP contribution in [0.1, 0.15) is 32.8 Å². The fraction of sp³-hybridized carbons (Fsp3) is 0.348. The van der Waals surface area contributed by atoms with E-state index in [0.29, 0.717) is 23.5 Å². The van der Waals surface area contributed by atoms with Gasteiger partial charge in [0.05, 0.1) is 17.7 Å². The quantitative estimate of drug-likeness (QED) is 0.679. The lowest BCUT2D eigenvalue weighted by atomic mass is 10.0. The van der Waals surface area contributed by atoms with Crippen LogP contribution < -0.4 is 15.2 Å². The Bertz CT molecular complexity index is 876. The number of rotatable bonds is 9.